The van der Waals surface area contributed by atoms with Crippen LogP contribution in [0.15, 0.2) is 17.0 Å². The first kappa shape index (κ1) is 14.9. The SMILES string of the molecule is COCC(C)NS(=O)(=O)c1cc(N)cc(C)c1F. The molecule has 0 bridgehead atoms. The molecule has 0 heterocycles. The topological polar surface area (TPSA) is 81.4 Å². The lowest BCUT2D eigenvalue weighted by Gasteiger charge is -2.14. The molecular formula is C11H17FN2O3S. The van der Waals surface area contributed by atoms with Crippen LogP contribution in [-0.2, 0) is 14.8 Å². The van der Waals surface area contributed by atoms with E-state index in [9.17, 15) is 12.8 Å². The first-order chi connectivity index (χ1) is 8.27. The van der Waals surface area contributed by atoms with Crippen molar-refractivity contribution in [3.05, 3.63) is 23.5 Å². The van der Waals surface area contributed by atoms with E-state index in [0.717, 1.165) is 6.07 Å². The fourth-order valence-corrected chi connectivity index (χ4v) is 2.98. The summed E-state index contributed by atoms with van der Waals surface area (Å²) in [5.74, 6) is -0.790. The maximum Gasteiger partial charge on any atom is 0.243 e. The minimum absolute atomic E-state index is 0.190. The predicted octanol–water partition coefficient (Wildman–Crippen LogP) is 1.03. The van der Waals surface area contributed by atoms with Crippen LogP contribution in [0, 0.1) is 12.7 Å². The number of aryl methyl sites for hydroxylation is 1. The molecule has 1 unspecified atom stereocenters. The second kappa shape index (κ2) is 5.64. The molecule has 0 radical (unpaired) electrons. The van der Waals surface area contributed by atoms with Crippen LogP contribution >= 0.6 is 0 Å². The van der Waals surface area contributed by atoms with Gasteiger partial charge in [-0.05, 0) is 31.5 Å². The van der Waals surface area contributed by atoms with Crippen molar-refractivity contribution in [1.29, 1.82) is 0 Å². The number of nitrogen functional groups attached to an aromatic ring is 1. The number of hydrogen-bond donors (Lipinski definition) is 2. The van der Waals surface area contributed by atoms with Crippen molar-refractivity contribution >= 4 is 15.7 Å². The van der Waals surface area contributed by atoms with Gasteiger partial charge in [0.25, 0.3) is 0 Å². The molecule has 0 aliphatic rings. The van der Waals surface area contributed by atoms with Crippen LogP contribution in [0.4, 0.5) is 10.1 Å². The number of nitrogens with one attached hydrogen (secondary N) is 1. The highest BCUT2D eigenvalue weighted by atomic mass is 32.2. The van der Waals surface area contributed by atoms with E-state index in [4.69, 9.17) is 10.5 Å². The Balaban J connectivity index is 3.13. The van der Waals surface area contributed by atoms with Crippen molar-refractivity contribution in [2.45, 2.75) is 24.8 Å². The molecular weight excluding hydrogens is 259 g/mol. The van der Waals surface area contributed by atoms with E-state index in [1.807, 2.05) is 0 Å². The predicted molar refractivity (Wildman–Crippen MR) is 67.2 cm³/mol. The molecule has 0 spiro atoms. The summed E-state index contributed by atoms with van der Waals surface area (Å²) in [4.78, 5) is -0.442. The Labute approximate surface area is 106 Å². The van der Waals surface area contributed by atoms with E-state index in [0.29, 0.717) is 0 Å². The molecule has 0 aromatic heterocycles. The van der Waals surface area contributed by atoms with Crippen molar-refractivity contribution in [1.82, 2.24) is 4.72 Å². The van der Waals surface area contributed by atoms with Crippen molar-refractivity contribution < 1.29 is 17.5 Å². The maximum atomic E-state index is 13.8. The summed E-state index contributed by atoms with van der Waals surface area (Å²) in [6, 6.07) is 2.03. The summed E-state index contributed by atoms with van der Waals surface area (Å²) in [6.07, 6.45) is 0. The molecule has 1 atom stereocenters. The standard InChI is InChI=1S/C11H17FN2O3S/c1-7-4-9(13)5-10(11(7)12)18(15,16)14-8(2)6-17-3/h4-5,8,14H,6,13H2,1-3H3. The van der Waals surface area contributed by atoms with Gasteiger partial charge in [-0.3, -0.25) is 0 Å². The van der Waals surface area contributed by atoms with E-state index in [2.05, 4.69) is 4.72 Å². The van der Waals surface area contributed by atoms with Crippen LogP contribution in [0.3, 0.4) is 0 Å². The fraction of sp³-hybridized carbons (Fsp3) is 0.455. The maximum absolute atomic E-state index is 13.8. The van der Waals surface area contributed by atoms with E-state index >= 15 is 0 Å². The van der Waals surface area contributed by atoms with E-state index in [-0.39, 0.29) is 17.9 Å². The van der Waals surface area contributed by atoms with Crippen molar-refractivity contribution in [3.63, 3.8) is 0 Å². The largest absolute Gasteiger partial charge is 0.399 e. The molecule has 0 saturated carbocycles. The summed E-state index contributed by atoms with van der Waals surface area (Å²) in [5, 5.41) is 0. The van der Waals surface area contributed by atoms with E-state index < -0.39 is 26.8 Å². The Bertz CT molecular complexity index is 531. The molecule has 1 aromatic rings. The minimum atomic E-state index is -3.94. The van der Waals surface area contributed by atoms with Crippen LogP contribution in [0.25, 0.3) is 0 Å². The van der Waals surface area contributed by atoms with Crippen molar-refractivity contribution in [2.75, 3.05) is 19.5 Å². The Hall–Kier alpha value is -1.18. The quantitative estimate of drug-likeness (QED) is 0.787. The lowest BCUT2D eigenvalue weighted by atomic mass is 10.2. The average molecular weight is 276 g/mol. The number of nitrogens with two attached hydrogens (primary N) is 1. The van der Waals surface area contributed by atoms with Crippen LogP contribution < -0.4 is 10.5 Å². The molecule has 18 heavy (non-hydrogen) atoms. The van der Waals surface area contributed by atoms with Gasteiger partial charge in [0, 0.05) is 18.8 Å². The Morgan fingerprint density at radius 2 is 2.11 bits per heavy atom. The van der Waals surface area contributed by atoms with Crippen LogP contribution in [-0.4, -0.2) is 28.2 Å². The first-order valence-electron chi connectivity index (χ1n) is 5.35. The number of hydrogen-bond acceptors (Lipinski definition) is 4. The third-order valence-corrected chi connectivity index (χ3v) is 3.89. The van der Waals surface area contributed by atoms with Gasteiger partial charge >= 0.3 is 0 Å². The van der Waals surface area contributed by atoms with Gasteiger partial charge in [-0.1, -0.05) is 0 Å². The second-order valence-corrected chi connectivity index (χ2v) is 5.81. The molecule has 102 valence electrons. The summed E-state index contributed by atoms with van der Waals surface area (Å²) in [5.41, 5.74) is 5.92. The van der Waals surface area contributed by atoms with E-state index in [1.54, 1.807) is 6.92 Å². The number of halogens is 1. The van der Waals surface area contributed by atoms with E-state index in [1.165, 1.54) is 20.1 Å². The minimum Gasteiger partial charge on any atom is -0.399 e. The molecule has 0 saturated heterocycles. The number of rotatable bonds is 5. The highest BCUT2D eigenvalue weighted by Gasteiger charge is 2.23. The van der Waals surface area contributed by atoms with Gasteiger partial charge in [-0.2, -0.15) is 0 Å². The molecule has 1 aromatic carbocycles. The third kappa shape index (κ3) is 3.41. The number of sulfonamides is 1. The molecule has 1 rings (SSSR count). The van der Waals surface area contributed by atoms with Gasteiger partial charge in [-0.15, -0.1) is 0 Å². The number of methoxy groups -OCH3 is 1. The Kier molecular flexibility index (Phi) is 4.66. The fourth-order valence-electron chi connectivity index (χ4n) is 1.57. The van der Waals surface area contributed by atoms with Gasteiger partial charge in [0.2, 0.25) is 10.0 Å². The summed E-state index contributed by atoms with van der Waals surface area (Å²) >= 11 is 0. The molecule has 7 heteroatoms. The lowest BCUT2D eigenvalue weighted by molar-refractivity contribution is 0.180. The molecule has 0 aliphatic heterocycles. The number of benzene rings is 1. The third-order valence-electron chi connectivity index (χ3n) is 2.31. The van der Waals surface area contributed by atoms with Gasteiger partial charge in [0.15, 0.2) is 0 Å². The monoisotopic (exact) mass is 276 g/mol. The highest BCUT2D eigenvalue weighted by Crippen LogP contribution is 2.21. The van der Waals surface area contributed by atoms with Crippen LogP contribution in [0.2, 0.25) is 0 Å². The zero-order valence-electron chi connectivity index (χ0n) is 10.5. The summed E-state index contributed by atoms with van der Waals surface area (Å²) in [6.45, 7) is 3.28. The van der Waals surface area contributed by atoms with Gasteiger partial charge < -0.3 is 10.5 Å². The lowest BCUT2D eigenvalue weighted by Crippen LogP contribution is -2.36. The molecule has 0 amide bonds. The second-order valence-electron chi connectivity index (χ2n) is 4.13. The normalized spacial score (nSPS) is 13.6. The van der Waals surface area contributed by atoms with Gasteiger partial charge in [0.1, 0.15) is 10.7 Å². The molecule has 0 fully saturated rings. The Morgan fingerprint density at radius 3 is 2.67 bits per heavy atom. The zero-order valence-corrected chi connectivity index (χ0v) is 11.3. The highest BCUT2D eigenvalue weighted by molar-refractivity contribution is 7.89. The molecule has 0 aliphatic carbocycles. The summed E-state index contributed by atoms with van der Waals surface area (Å²) in [7, 11) is -2.49. The van der Waals surface area contributed by atoms with Crippen molar-refractivity contribution in [3.8, 4) is 0 Å². The smallest absolute Gasteiger partial charge is 0.243 e. The van der Waals surface area contributed by atoms with Crippen molar-refractivity contribution in [2.24, 2.45) is 0 Å². The molecule has 5 nitrogen and oxygen atoms in total. The van der Waals surface area contributed by atoms with Gasteiger partial charge in [0.05, 0.1) is 6.61 Å². The first-order valence-corrected chi connectivity index (χ1v) is 6.83. The Morgan fingerprint density at radius 1 is 1.50 bits per heavy atom. The van der Waals surface area contributed by atoms with Crippen LogP contribution in [0.1, 0.15) is 12.5 Å². The van der Waals surface area contributed by atoms with Crippen LogP contribution in [0.5, 0.6) is 0 Å². The van der Waals surface area contributed by atoms with Gasteiger partial charge in [-0.25, -0.2) is 17.5 Å². The number of anilines is 1. The zero-order chi connectivity index (χ0) is 13.9. The average Bonchev–Trinajstić information content (AvgIpc) is 2.22. The number of ether oxygens (including phenoxy) is 1. The molecule has 3 N–H and O–H groups in total. The summed E-state index contributed by atoms with van der Waals surface area (Å²) < 4.78 is 44.9.